The molecule has 2 N–H and O–H groups in total. The second-order valence-electron chi connectivity index (χ2n) is 5.37. The largest absolute Gasteiger partial charge is 0.379 e. The molecular weight excluding hydrogens is 216 g/mol. The minimum Gasteiger partial charge on any atom is -0.379 e. The maximum absolute atomic E-state index is 12.2. The molecule has 0 aromatic heterocycles. The lowest BCUT2D eigenvalue weighted by atomic mass is 9.91. The first kappa shape index (κ1) is 12.8. The molecule has 4 heteroatoms. The van der Waals surface area contributed by atoms with Crippen LogP contribution in [0.2, 0.25) is 0 Å². The van der Waals surface area contributed by atoms with Gasteiger partial charge in [-0.3, -0.25) is 4.79 Å². The zero-order chi connectivity index (χ0) is 12.3. The summed E-state index contributed by atoms with van der Waals surface area (Å²) in [5.74, 6) is 0.931. The number of carbonyl (C=O) groups excluding carboxylic acids is 1. The molecular formula is C13H24N2O2. The van der Waals surface area contributed by atoms with Crippen LogP contribution in [0.5, 0.6) is 0 Å². The quantitative estimate of drug-likeness (QED) is 0.800. The molecule has 2 aliphatic heterocycles. The third-order valence-corrected chi connectivity index (χ3v) is 4.06. The summed E-state index contributed by atoms with van der Waals surface area (Å²) in [6, 6.07) is -0.101. The monoisotopic (exact) mass is 240 g/mol. The van der Waals surface area contributed by atoms with E-state index in [1.54, 1.807) is 0 Å². The summed E-state index contributed by atoms with van der Waals surface area (Å²) in [4.78, 5) is 14.2. The lowest BCUT2D eigenvalue weighted by molar-refractivity contribution is -0.137. The van der Waals surface area contributed by atoms with Crippen LogP contribution in [0.3, 0.4) is 0 Å². The number of carbonyl (C=O) groups is 1. The smallest absolute Gasteiger partial charge is 0.229 e. The molecule has 2 unspecified atom stereocenters. The summed E-state index contributed by atoms with van der Waals surface area (Å²) in [5.41, 5.74) is 5.89. The molecule has 2 saturated heterocycles. The van der Waals surface area contributed by atoms with Crippen LogP contribution in [0.1, 0.15) is 32.6 Å². The summed E-state index contributed by atoms with van der Waals surface area (Å²) >= 11 is 0. The van der Waals surface area contributed by atoms with Crippen molar-refractivity contribution in [3.8, 4) is 0 Å². The zero-order valence-electron chi connectivity index (χ0n) is 10.7. The van der Waals surface area contributed by atoms with E-state index in [0.717, 1.165) is 31.8 Å². The topological polar surface area (TPSA) is 55.6 Å². The highest BCUT2D eigenvalue weighted by Gasteiger charge is 2.35. The van der Waals surface area contributed by atoms with E-state index >= 15 is 0 Å². The van der Waals surface area contributed by atoms with Crippen LogP contribution in [0.15, 0.2) is 0 Å². The minimum atomic E-state index is -0.101. The Hall–Kier alpha value is -0.610. The molecule has 0 aromatic carbocycles. The van der Waals surface area contributed by atoms with Crippen molar-refractivity contribution in [3.63, 3.8) is 0 Å². The predicted molar refractivity (Wildman–Crippen MR) is 66.5 cm³/mol. The summed E-state index contributed by atoms with van der Waals surface area (Å²) in [6.45, 7) is 5.09. The number of nitrogens with two attached hydrogens (primary N) is 1. The molecule has 0 aromatic rings. The SMILES string of the molecule is CCCC1CCN(C(=O)C2COCC2N)CC1. The number of piperidine rings is 1. The highest BCUT2D eigenvalue weighted by Crippen LogP contribution is 2.24. The summed E-state index contributed by atoms with van der Waals surface area (Å²) in [6.07, 6.45) is 4.86. The van der Waals surface area contributed by atoms with E-state index in [0.29, 0.717) is 13.2 Å². The van der Waals surface area contributed by atoms with Crippen LogP contribution in [-0.4, -0.2) is 43.2 Å². The first-order valence-electron chi connectivity index (χ1n) is 6.84. The molecule has 0 spiro atoms. The van der Waals surface area contributed by atoms with E-state index in [4.69, 9.17) is 10.5 Å². The molecule has 2 atom stereocenters. The molecule has 17 heavy (non-hydrogen) atoms. The van der Waals surface area contributed by atoms with Crippen LogP contribution >= 0.6 is 0 Å². The van der Waals surface area contributed by atoms with E-state index in [2.05, 4.69) is 6.92 Å². The van der Waals surface area contributed by atoms with Gasteiger partial charge in [0, 0.05) is 19.1 Å². The van der Waals surface area contributed by atoms with Crippen molar-refractivity contribution in [1.82, 2.24) is 4.90 Å². The molecule has 98 valence electrons. The first-order valence-corrected chi connectivity index (χ1v) is 6.84. The van der Waals surface area contributed by atoms with Gasteiger partial charge in [-0.15, -0.1) is 0 Å². The fourth-order valence-corrected chi connectivity index (χ4v) is 2.91. The van der Waals surface area contributed by atoms with E-state index < -0.39 is 0 Å². The highest BCUT2D eigenvalue weighted by atomic mass is 16.5. The molecule has 0 aliphatic carbocycles. The average molecular weight is 240 g/mol. The Morgan fingerprint density at radius 2 is 2.06 bits per heavy atom. The Balaban J connectivity index is 1.82. The molecule has 1 amide bonds. The van der Waals surface area contributed by atoms with Gasteiger partial charge in [-0.1, -0.05) is 19.8 Å². The normalized spacial score (nSPS) is 30.8. The number of hydrogen-bond donors (Lipinski definition) is 1. The van der Waals surface area contributed by atoms with E-state index in [1.807, 2.05) is 4.90 Å². The molecule has 0 radical (unpaired) electrons. The molecule has 4 nitrogen and oxygen atoms in total. The minimum absolute atomic E-state index is 0.0993. The molecule has 2 heterocycles. The Kier molecular flexibility index (Phi) is 4.40. The van der Waals surface area contributed by atoms with Crippen molar-refractivity contribution >= 4 is 5.91 Å². The number of nitrogens with zero attached hydrogens (tertiary/aromatic N) is 1. The third-order valence-electron chi connectivity index (χ3n) is 4.06. The Labute approximate surface area is 103 Å². The van der Waals surface area contributed by atoms with Crippen molar-refractivity contribution in [2.75, 3.05) is 26.3 Å². The Bertz CT molecular complexity index is 262. The first-order chi connectivity index (χ1) is 8.22. The Morgan fingerprint density at radius 3 is 2.59 bits per heavy atom. The fourth-order valence-electron chi connectivity index (χ4n) is 2.91. The number of hydrogen-bond acceptors (Lipinski definition) is 3. The van der Waals surface area contributed by atoms with Crippen molar-refractivity contribution in [2.45, 2.75) is 38.6 Å². The number of amides is 1. The third kappa shape index (κ3) is 2.99. The lowest BCUT2D eigenvalue weighted by Crippen LogP contribution is -2.46. The maximum Gasteiger partial charge on any atom is 0.229 e. The zero-order valence-corrected chi connectivity index (χ0v) is 10.7. The van der Waals surface area contributed by atoms with Crippen molar-refractivity contribution in [3.05, 3.63) is 0 Å². The lowest BCUT2D eigenvalue weighted by Gasteiger charge is -2.33. The second-order valence-corrected chi connectivity index (χ2v) is 5.37. The fraction of sp³-hybridized carbons (Fsp3) is 0.923. The molecule has 0 bridgehead atoms. The maximum atomic E-state index is 12.2. The van der Waals surface area contributed by atoms with Gasteiger partial charge in [0.1, 0.15) is 0 Å². The van der Waals surface area contributed by atoms with Gasteiger partial charge >= 0.3 is 0 Å². The van der Waals surface area contributed by atoms with Crippen LogP contribution < -0.4 is 5.73 Å². The molecule has 0 saturated carbocycles. The van der Waals surface area contributed by atoms with Crippen molar-refractivity contribution < 1.29 is 9.53 Å². The van der Waals surface area contributed by atoms with Gasteiger partial charge in [0.2, 0.25) is 5.91 Å². The summed E-state index contributed by atoms with van der Waals surface area (Å²) in [7, 11) is 0. The van der Waals surface area contributed by atoms with Gasteiger partial charge in [0.05, 0.1) is 19.1 Å². The van der Waals surface area contributed by atoms with E-state index in [-0.39, 0.29) is 17.9 Å². The van der Waals surface area contributed by atoms with Crippen LogP contribution in [-0.2, 0) is 9.53 Å². The summed E-state index contributed by atoms with van der Waals surface area (Å²) < 4.78 is 5.27. The number of likely N-dealkylation sites (tertiary alicyclic amines) is 1. The van der Waals surface area contributed by atoms with Gasteiger partial charge in [0.15, 0.2) is 0 Å². The molecule has 2 rings (SSSR count). The van der Waals surface area contributed by atoms with Gasteiger partial charge < -0.3 is 15.4 Å². The van der Waals surface area contributed by atoms with Gasteiger partial charge in [-0.2, -0.15) is 0 Å². The van der Waals surface area contributed by atoms with Crippen molar-refractivity contribution in [2.24, 2.45) is 17.6 Å². The van der Waals surface area contributed by atoms with Crippen LogP contribution in [0, 0.1) is 11.8 Å². The van der Waals surface area contributed by atoms with Crippen LogP contribution in [0.25, 0.3) is 0 Å². The standard InChI is InChI=1S/C13H24N2O2/c1-2-3-10-4-6-15(7-5-10)13(16)11-8-17-9-12(11)14/h10-12H,2-9,14H2,1H3. The number of rotatable bonds is 3. The van der Waals surface area contributed by atoms with Crippen LogP contribution in [0.4, 0.5) is 0 Å². The second kappa shape index (κ2) is 5.83. The van der Waals surface area contributed by atoms with Gasteiger partial charge in [0.25, 0.3) is 0 Å². The predicted octanol–water partition coefficient (Wildman–Crippen LogP) is 0.999. The Morgan fingerprint density at radius 1 is 1.35 bits per heavy atom. The van der Waals surface area contributed by atoms with Crippen molar-refractivity contribution in [1.29, 1.82) is 0 Å². The van der Waals surface area contributed by atoms with E-state index in [9.17, 15) is 4.79 Å². The molecule has 2 aliphatic rings. The number of ether oxygens (including phenoxy) is 1. The van der Waals surface area contributed by atoms with Gasteiger partial charge in [-0.25, -0.2) is 0 Å². The average Bonchev–Trinajstić information content (AvgIpc) is 2.76. The summed E-state index contributed by atoms with van der Waals surface area (Å²) in [5, 5.41) is 0. The highest BCUT2D eigenvalue weighted by molar-refractivity contribution is 5.80. The molecule has 2 fully saturated rings. The van der Waals surface area contributed by atoms with Gasteiger partial charge in [-0.05, 0) is 18.8 Å². The van der Waals surface area contributed by atoms with E-state index in [1.165, 1.54) is 12.8 Å².